The number of imidazole rings is 1. The van der Waals surface area contributed by atoms with Gasteiger partial charge in [-0.2, -0.15) is 0 Å². The molecule has 3 aromatic rings. The van der Waals surface area contributed by atoms with Crippen molar-refractivity contribution in [3.63, 3.8) is 0 Å². The number of nitrogens with zero attached hydrogens (tertiary/aromatic N) is 2. The Labute approximate surface area is 129 Å². The molecule has 0 fully saturated rings. The van der Waals surface area contributed by atoms with Crippen LogP contribution < -0.4 is 5.32 Å². The highest BCUT2D eigenvalue weighted by molar-refractivity contribution is 5.76. The van der Waals surface area contributed by atoms with E-state index in [1.807, 2.05) is 25.1 Å². The van der Waals surface area contributed by atoms with E-state index in [4.69, 9.17) is 4.98 Å². The van der Waals surface area contributed by atoms with Crippen molar-refractivity contribution in [3.8, 4) is 0 Å². The van der Waals surface area contributed by atoms with E-state index in [2.05, 4.69) is 47.1 Å². The van der Waals surface area contributed by atoms with E-state index in [-0.39, 0.29) is 6.04 Å². The molecule has 4 heteroatoms. The summed E-state index contributed by atoms with van der Waals surface area (Å²) < 4.78 is 2.17. The molecule has 0 aliphatic heterocycles. The van der Waals surface area contributed by atoms with Gasteiger partial charge < -0.3 is 9.88 Å². The van der Waals surface area contributed by atoms with Crippen molar-refractivity contribution in [1.82, 2.24) is 14.9 Å². The minimum absolute atomic E-state index is 0.130. The van der Waals surface area contributed by atoms with E-state index in [1.54, 1.807) is 0 Å². The third-order valence-electron chi connectivity index (χ3n) is 3.81. The highest BCUT2D eigenvalue weighted by Crippen LogP contribution is 2.22. The number of nitrogens with one attached hydrogen (secondary N) is 1. The molecular formula is C18H19N3O. The first-order chi connectivity index (χ1) is 10.7. The molecule has 22 heavy (non-hydrogen) atoms. The smallest absolute Gasteiger partial charge is 0.207 e. The first kappa shape index (κ1) is 14.3. The molecule has 0 aliphatic rings. The zero-order valence-electron chi connectivity index (χ0n) is 12.8. The number of rotatable bonds is 5. The van der Waals surface area contributed by atoms with Gasteiger partial charge in [-0.05, 0) is 31.5 Å². The molecule has 0 radical (unpaired) electrons. The molecule has 1 unspecified atom stereocenters. The molecule has 0 saturated heterocycles. The summed E-state index contributed by atoms with van der Waals surface area (Å²) in [6.07, 6.45) is 0.723. The number of aromatic nitrogens is 2. The third kappa shape index (κ3) is 2.72. The number of benzene rings is 2. The maximum atomic E-state index is 10.8. The predicted molar refractivity (Wildman–Crippen MR) is 87.6 cm³/mol. The van der Waals surface area contributed by atoms with Crippen LogP contribution >= 0.6 is 0 Å². The second kappa shape index (κ2) is 6.02. The van der Waals surface area contributed by atoms with E-state index >= 15 is 0 Å². The van der Waals surface area contributed by atoms with Gasteiger partial charge in [0.15, 0.2) is 0 Å². The SMILES string of the molecule is Cc1cccc(Cn2c(C(C)NC=O)nc3ccccc32)c1. The van der Waals surface area contributed by atoms with Crippen molar-refractivity contribution in [1.29, 1.82) is 0 Å². The summed E-state index contributed by atoms with van der Waals surface area (Å²) in [4.78, 5) is 15.5. The summed E-state index contributed by atoms with van der Waals surface area (Å²) in [6, 6.07) is 16.4. The topological polar surface area (TPSA) is 46.9 Å². The van der Waals surface area contributed by atoms with E-state index in [0.29, 0.717) is 0 Å². The van der Waals surface area contributed by atoms with E-state index in [0.717, 1.165) is 29.8 Å². The summed E-state index contributed by atoms with van der Waals surface area (Å²) in [6.45, 7) is 4.78. The summed E-state index contributed by atoms with van der Waals surface area (Å²) in [5, 5.41) is 2.80. The molecule has 1 heterocycles. The largest absolute Gasteiger partial charge is 0.349 e. The molecule has 1 N–H and O–H groups in total. The second-order valence-corrected chi connectivity index (χ2v) is 5.54. The van der Waals surface area contributed by atoms with Crippen molar-refractivity contribution < 1.29 is 4.79 Å². The Bertz CT molecular complexity index is 807. The number of aryl methyl sites for hydroxylation is 1. The first-order valence-electron chi connectivity index (χ1n) is 7.39. The molecular weight excluding hydrogens is 274 g/mol. The van der Waals surface area contributed by atoms with Crippen LogP contribution in [0.1, 0.15) is 29.9 Å². The highest BCUT2D eigenvalue weighted by Gasteiger charge is 2.16. The van der Waals surface area contributed by atoms with Crippen LogP contribution in [-0.2, 0) is 11.3 Å². The standard InChI is InChI=1S/C18H19N3O/c1-13-6-5-7-15(10-13)11-21-17-9-4-3-8-16(17)20-18(21)14(2)19-12-22/h3-10,12,14H,11H2,1-2H3,(H,19,22). The van der Waals surface area contributed by atoms with Gasteiger partial charge in [-0.1, -0.05) is 42.0 Å². The fraction of sp³-hybridized carbons (Fsp3) is 0.222. The maximum absolute atomic E-state index is 10.8. The normalized spacial score (nSPS) is 12.3. The van der Waals surface area contributed by atoms with Crippen LogP contribution in [0.25, 0.3) is 11.0 Å². The van der Waals surface area contributed by atoms with Crippen LogP contribution in [-0.4, -0.2) is 16.0 Å². The first-order valence-corrected chi connectivity index (χ1v) is 7.39. The molecule has 1 atom stereocenters. The molecule has 0 bridgehead atoms. The summed E-state index contributed by atoms with van der Waals surface area (Å²) in [7, 11) is 0. The van der Waals surface area contributed by atoms with E-state index in [1.165, 1.54) is 11.1 Å². The Morgan fingerprint density at radius 2 is 2.05 bits per heavy atom. The van der Waals surface area contributed by atoms with Gasteiger partial charge in [0.2, 0.25) is 6.41 Å². The minimum atomic E-state index is -0.130. The summed E-state index contributed by atoms with van der Waals surface area (Å²) in [5.41, 5.74) is 4.49. The minimum Gasteiger partial charge on any atom is -0.349 e. The molecule has 1 amide bonds. The zero-order valence-corrected chi connectivity index (χ0v) is 12.8. The van der Waals surface area contributed by atoms with Gasteiger partial charge in [-0.25, -0.2) is 4.98 Å². The Balaban J connectivity index is 2.09. The fourth-order valence-electron chi connectivity index (χ4n) is 2.76. The average molecular weight is 293 g/mol. The lowest BCUT2D eigenvalue weighted by molar-refractivity contribution is -0.110. The Kier molecular flexibility index (Phi) is 3.92. The van der Waals surface area contributed by atoms with Crippen LogP contribution in [0, 0.1) is 6.92 Å². The molecule has 112 valence electrons. The quantitative estimate of drug-likeness (QED) is 0.734. The lowest BCUT2D eigenvalue weighted by Crippen LogP contribution is -2.20. The molecule has 4 nitrogen and oxygen atoms in total. The van der Waals surface area contributed by atoms with Gasteiger partial charge in [0, 0.05) is 6.54 Å². The van der Waals surface area contributed by atoms with Gasteiger partial charge in [0.1, 0.15) is 5.82 Å². The molecule has 0 saturated carbocycles. The van der Waals surface area contributed by atoms with Gasteiger partial charge in [-0.3, -0.25) is 4.79 Å². The molecule has 1 aromatic heterocycles. The van der Waals surface area contributed by atoms with Crippen LogP contribution in [0.5, 0.6) is 0 Å². The lowest BCUT2D eigenvalue weighted by atomic mass is 10.1. The highest BCUT2D eigenvalue weighted by atomic mass is 16.1. The molecule has 2 aromatic carbocycles. The second-order valence-electron chi connectivity index (χ2n) is 5.54. The Morgan fingerprint density at radius 1 is 1.23 bits per heavy atom. The fourth-order valence-corrected chi connectivity index (χ4v) is 2.76. The van der Waals surface area contributed by atoms with Crippen LogP contribution in [0.2, 0.25) is 0 Å². The number of amides is 1. The van der Waals surface area contributed by atoms with Crippen molar-refractivity contribution in [3.05, 3.63) is 65.5 Å². The lowest BCUT2D eigenvalue weighted by Gasteiger charge is -2.14. The summed E-state index contributed by atoms with van der Waals surface area (Å²) >= 11 is 0. The Morgan fingerprint density at radius 3 is 2.82 bits per heavy atom. The zero-order chi connectivity index (χ0) is 15.5. The van der Waals surface area contributed by atoms with Crippen LogP contribution in [0.4, 0.5) is 0 Å². The molecule has 3 rings (SSSR count). The van der Waals surface area contributed by atoms with Crippen molar-refractivity contribution >= 4 is 17.4 Å². The van der Waals surface area contributed by atoms with Gasteiger partial charge in [-0.15, -0.1) is 0 Å². The van der Waals surface area contributed by atoms with Crippen molar-refractivity contribution in [2.75, 3.05) is 0 Å². The van der Waals surface area contributed by atoms with Crippen molar-refractivity contribution in [2.45, 2.75) is 26.4 Å². The summed E-state index contributed by atoms with van der Waals surface area (Å²) in [5.74, 6) is 0.870. The molecule has 0 aliphatic carbocycles. The monoisotopic (exact) mass is 293 g/mol. The predicted octanol–water partition coefficient (Wildman–Crippen LogP) is 3.20. The number of para-hydroxylation sites is 2. The number of carbonyl (C=O) groups is 1. The number of fused-ring (bicyclic) bond motifs is 1. The van der Waals surface area contributed by atoms with Gasteiger partial charge in [0.25, 0.3) is 0 Å². The van der Waals surface area contributed by atoms with E-state index in [9.17, 15) is 4.79 Å². The van der Waals surface area contributed by atoms with Crippen LogP contribution in [0.3, 0.4) is 0 Å². The number of hydrogen-bond donors (Lipinski definition) is 1. The number of carbonyl (C=O) groups excluding carboxylic acids is 1. The van der Waals surface area contributed by atoms with Crippen molar-refractivity contribution in [2.24, 2.45) is 0 Å². The van der Waals surface area contributed by atoms with Crippen LogP contribution in [0.15, 0.2) is 48.5 Å². The molecule has 0 spiro atoms. The van der Waals surface area contributed by atoms with Gasteiger partial charge in [0.05, 0.1) is 17.1 Å². The third-order valence-corrected chi connectivity index (χ3v) is 3.81. The number of hydrogen-bond acceptors (Lipinski definition) is 2. The maximum Gasteiger partial charge on any atom is 0.207 e. The average Bonchev–Trinajstić information content (AvgIpc) is 2.87. The van der Waals surface area contributed by atoms with E-state index < -0.39 is 0 Å². The van der Waals surface area contributed by atoms with Gasteiger partial charge >= 0.3 is 0 Å². The Hall–Kier alpha value is -2.62.